The van der Waals surface area contributed by atoms with Gasteiger partial charge in [-0.3, -0.25) is 10.1 Å². The van der Waals surface area contributed by atoms with E-state index in [4.69, 9.17) is 11.6 Å². The lowest BCUT2D eigenvalue weighted by atomic mass is 10.0. The summed E-state index contributed by atoms with van der Waals surface area (Å²) in [6, 6.07) is 24.8. The molecule has 0 unspecified atom stereocenters. The molecule has 1 aromatic heterocycles. The number of carbonyl (C=O) groups excluding carboxylic acids is 1. The molecule has 0 saturated heterocycles. The van der Waals surface area contributed by atoms with E-state index >= 15 is 0 Å². The fourth-order valence-corrected chi connectivity index (χ4v) is 3.73. The molecule has 32 heavy (non-hydrogen) atoms. The molecule has 0 bridgehead atoms. The Bertz CT molecular complexity index is 1290. The molecule has 3 aromatic carbocycles. The number of nitrogens with zero attached hydrogens (tertiary/aromatic N) is 3. The summed E-state index contributed by atoms with van der Waals surface area (Å²) in [5.74, 6) is 0.525. The summed E-state index contributed by atoms with van der Waals surface area (Å²) in [7, 11) is 0. The normalized spacial score (nSPS) is 14.8. The number of carbonyl (C=O) groups is 1. The Morgan fingerprint density at radius 1 is 1.00 bits per heavy atom. The van der Waals surface area contributed by atoms with Gasteiger partial charge in [-0.15, -0.1) is 5.10 Å². The van der Waals surface area contributed by atoms with Crippen molar-refractivity contribution in [3.05, 3.63) is 112 Å². The van der Waals surface area contributed by atoms with Gasteiger partial charge < -0.3 is 5.32 Å². The highest BCUT2D eigenvalue weighted by Gasteiger charge is 2.26. The van der Waals surface area contributed by atoms with Crippen LogP contribution in [-0.4, -0.2) is 20.7 Å². The fraction of sp³-hybridized carbons (Fsp3) is 0.0800. The van der Waals surface area contributed by atoms with Crippen LogP contribution in [0, 0.1) is 6.92 Å². The predicted octanol–water partition coefficient (Wildman–Crippen LogP) is 5.55. The minimum Gasteiger partial charge on any atom is -0.324 e. The Hall–Kier alpha value is -3.90. The number of benzene rings is 3. The third-order valence-electron chi connectivity index (χ3n) is 5.30. The number of halogens is 1. The molecule has 1 atom stereocenters. The van der Waals surface area contributed by atoms with Gasteiger partial charge in [0.15, 0.2) is 0 Å². The number of aryl methyl sites for hydroxylation is 1. The van der Waals surface area contributed by atoms with Gasteiger partial charge in [0.2, 0.25) is 5.95 Å². The first kappa shape index (κ1) is 20.0. The second-order valence-corrected chi connectivity index (χ2v) is 8.03. The first-order chi connectivity index (χ1) is 15.6. The number of amides is 1. The van der Waals surface area contributed by atoms with Crippen LogP contribution in [-0.2, 0) is 0 Å². The summed E-state index contributed by atoms with van der Waals surface area (Å²) >= 11 is 6.09. The molecule has 2 heterocycles. The van der Waals surface area contributed by atoms with Crippen LogP contribution >= 0.6 is 11.6 Å². The Morgan fingerprint density at radius 2 is 1.72 bits per heavy atom. The molecule has 6 nitrogen and oxygen atoms in total. The first-order valence-corrected chi connectivity index (χ1v) is 10.6. The van der Waals surface area contributed by atoms with Crippen LogP contribution in [0.4, 0.5) is 11.9 Å². The Kier molecular flexibility index (Phi) is 5.21. The standard InChI is InChI=1S/C25H20ClN5O/c1-16-7-9-19(10-8-16)23(32)28-24-29-25-27-21(17-5-3-2-4-6-17)15-22(31(25)30-24)18-11-13-20(26)14-12-18/h2-15,22H,1H3,(H2,27,28,29,30,32)/t22-/m1/s1. The van der Waals surface area contributed by atoms with Gasteiger partial charge in [0.1, 0.15) is 6.04 Å². The molecule has 5 rings (SSSR count). The van der Waals surface area contributed by atoms with Crippen molar-refractivity contribution in [3.8, 4) is 0 Å². The molecule has 7 heteroatoms. The molecule has 0 aliphatic carbocycles. The Morgan fingerprint density at radius 3 is 2.44 bits per heavy atom. The lowest BCUT2D eigenvalue weighted by Gasteiger charge is -2.24. The summed E-state index contributed by atoms with van der Waals surface area (Å²) < 4.78 is 1.76. The van der Waals surface area contributed by atoms with Crippen LogP contribution in [0.15, 0.2) is 84.9 Å². The van der Waals surface area contributed by atoms with Crippen molar-refractivity contribution in [1.29, 1.82) is 0 Å². The molecule has 158 valence electrons. The number of rotatable bonds is 4. The van der Waals surface area contributed by atoms with Gasteiger partial charge in [0, 0.05) is 16.3 Å². The summed E-state index contributed by atoms with van der Waals surface area (Å²) in [5.41, 5.74) is 4.60. The zero-order valence-electron chi connectivity index (χ0n) is 17.3. The van der Waals surface area contributed by atoms with Gasteiger partial charge in [0.25, 0.3) is 11.9 Å². The second kappa shape index (κ2) is 8.32. The number of hydrogen-bond donors (Lipinski definition) is 2. The van der Waals surface area contributed by atoms with E-state index in [0.717, 1.165) is 22.4 Å². The number of nitrogens with one attached hydrogen (secondary N) is 2. The number of anilines is 2. The van der Waals surface area contributed by atoms with Gasteiger partial charge in [0.05, 0.1) is 0 Å². The third kappa shape index (κ3) is 4.00. The SMILES string of the molecule is Cc1ccc(C(=O)Nc2nc3n(n2)[C@@H](c2ccc(Cl)cc2)C=C(c2ccccc2)N3)cc1. The van der Waals surface area contributed by atoms with E-state index in [2.05, 4.69) is 26.8 Å². The highest BCUT2D eigenvalue weighted by molar-refractivity contribution is 6.30. The largest absolute Gasteiger partial charge is 0.324 e. The number of aromatic nitrogens is 3. The van der Waals surface area contributed by atoms with Crippen molar-refractivity contribution >= 4 is 35.1 Å². The van der Waals surface area contributed by atoms with Crippen molar-refractivity contribution in [3.63, 3.8) is 0 Å². The Labute approximate surface area is 190 Å². The predicted molar refractivity (Wildman–Crippen MR) is 127 cm³/mol. The third-order valence-corrected chi connectivity index (χ3v) is 5.55. The summed E-state index contributed by atoms with van der Waals surface area (Å²) in [6.07, 6.45) is 2.09. The van der Waals surface area contributed by atoms with Crippen molar-refractivity contribution in [2.24, 2.45) is 0 Å². The van der Waals surface area contributed by atoms with Gasteiger partial charge in [-0.25, -0.2) is 4.68 Å². The van der Waals surface area contributed by atoms with Crippen LogP contribution in [0.1, 0.15) is 33.1 Å². The highest BCUT2D eigenvalue weighted by Crippen LogP contribution is 2.33. The van der Waals surface area contributed by atoms with E-state index < -0.39 is 0 Å². The molecule has 2 N–H and O–H groups in total. The average Bonchev–Trinajstić information content (AvgIpc) is 3.22. The minimum absolute atomic E-state index is 0.212. The maximum absolute atomic E-state index is 12.7. The van der Waals surface area contributed by atoms with E-state index in [1.165, 1.54) is 0 Å². The van der Waals surface area contributed by atoms with Crippen LogP contribution < -0.4 is 10.6 Å². The van der Waals surface area contributed by atoms with Gasteiger partial charge in [-0.1, -0.05) is 71.8 Å². The second-order valence-electron chi connectivity index (χ2n) is 7.59. The number of hydrogen-bond acceptors (Lipinski definition) is 4. The van der Waals surface area contributed by atoms with E-state index in [1.54, 1.807) is 16.8 Å². The van der Waals surface area contributed by atoms with Crippen LogP contribution in [0.2, 0.25) is 5.02 Å². The van der Waals surface area contributed by atoms with E-state index in [1.807, 2.05) is 73.7 Å². The summed E-state index contributed by atoms with van der Waals surface area (Å²) in [6.45, 7) is 1.98. The van der Waals surface area contributed by atoms with Gasteiger partial charge in [-0.05, 0) is 48.4 Å². The van der Waals surface area contributed by atoms with E-state index in [9.17, 15) is 4.79 Å². The molecule has 4 aromatic rings. The maximum Gasteiger partial charge on any atom is 0.258 e. The molecule has 0 spiro atoms. The maximum atomic E-state index is 12.7. The van der Waals surface area contributed by atoms with Crippen molar-refractivity contribution in [2.45, 2.75) is 13.0 Å². The molecule has 1 aliphatic rings. The van der Waals surface area contributed by atoms with E-state index in [0.29, 0.717) is 16.5 Å². The molecular weight excluding hydrogens is 422 g/mol. The quantitative estimate of drug-likeness (QED) is 0.435. The molecule has 0 fully saturated rings. The van der Waals surface area contributed by atoms with Gasteiger partial charge in [-0.2, -0.15) is 4.98 Å². The number of fused-ring (bicyclic) bond motifs is 1. The monoisotopic (exact) mass is 441 g/mol. The molecule has 1 aliphatic heterocycles. The lowest BCUT2D eigenvalue weighted by molar-refractivity contribution is 0.102. The van der Waals surface area contributed by atoms with E-state index in [-0.39, 0.29) is 17.9 Å². The van der Waals surface area contributed by atoms with Crippen LogP contribution in [0.5, 0.6) is 0 Å². The first-order valence-electron chi connectivity index (χ1n) is 10.2. The summed E-state index contributed by atoms with van der Waals surface area (Å²) in [5, 5.41) is 11.4. The smallest absolute Gasteiger partial charge is 0.258 e. The molecule has 1 amide bonds. The molecule has 0 radical (unpaired) electrons. The number of allylic oxidation sites excluding steroid dienone is 1. The van der Waals surface area contributed by atoms with Crippen LogP contribution in [0.25, 0.3) is 5.70 Å². The minimum atomic E-state index is -0.257. The summed E-state index contributed by atoms with van der Waals surface area (Å²) in [4.78, 5) is 17.2. The zero-order chi connectivity index (χ0) is 22.1. The van der Waals surface area contributed by atoms with Crippen molar-refractivity contribution in [2.75, 3.05) is 10.6 Å². The average molecular weight is 442 g/mol. The topological polar surface area (TPSA) is 71.8 Å². The molecule has 0 saturated carbocycles. The zero-order valence-corrected chi connectivity index (χ0v) is 18.0. The van der Waals surface area contributed by atoms with Crippen molar-refractivity contribution < 1.29 is 4.79 Å². The fourth-order valence-electron chi connectivity index (χ4n) is 3.61. The van der Waals surface area contributed by atoms with Crippen LogP contribution in [0.3, 0.4) is 0 Å². The lowest BCUT2D eigenvalue weighted by Crippen LogP contribution is -2.20. The Balaban J connectivity index is 1.50. The van der Waals surface area contributed by atoms with Gasteiger partial charge >= 0.3 is 0 Å². The molecular formula is C25H20ClN5O. The highest BCUT2D eigenvalue weighted by atomic mass is 35.5. The van der Waals surface area contributed by atoms with Crippen molar-refractivity contribution in [1.82, 2.24) is 14.8 Å².